The summed E-state index contributed by atoms with van der Waals surface area (Å²) >= 11 is 0. The third kappa shape index (κ3) is 3.98. The Morgan fingerprint density at radius 2 is 1.54 bits per heavy atom. The van der Waals surface area contributed by atoms with E-state index in [9.17, 15) is 14.4 Å². The zero-order valence-electron chi connectivity index (χ0n) is 16.0. The van der Waals surface area contributed by atoms with E-state index < -0.39 is 11.1 Å². The number of rotatable bonds is 7. The minimum Gasteiger partial charge on any atom is -0.494 e. The van der Waals surface area contributed by atoms with Crippen LogP contribution in [0.3, 0.4) is 0 Å². The van der Waals surface area contributed by atoms with Crippen LogP contribution in [0, 0.1) is 0 Å². The van der Waals surface area contributed by atoms with E-state index in [1.165, 1.54) is 9.13 Å². The van der Waals surface area contributed by atoms with E-state index in [0.717, 1.165) is 11.3 Å². The molecule has 0 unspecified atom stereocenters. The molecule has 0 atom stereocenters. The van der Waals surface area contributed by atoms with E-state index in [2.05, 4.69) is 5.32 Å². The number of nitrogens with zero attached hydrogens (tertiary/aromatic N) is 2. The number of nitrogens with one attached hydrogen (secondary N) is 1. The number of aromatic nitrogens is 2. The van der Waals surface area contributed by atoms with Gasteiger partial charge >= 0.3 is 11.1 Å². The monoisotopic (exact) mass is 381 g/mol. The second kappa shape index (κ2) is 8.56. The number of carbonyl (C=O) groups is 1. The van der Waals surface area contributed by atoms with E-state index in [1.807, 2.05) is 31.2 Å². The minimum absolute atomic E-state index is 0.212. The van der Waals surface area contributed by atoms with Crippen molar-refractivity contribution in [3.63, 3.8) is 0 Å². The lowest BCUT2D eigenvalue weighted by molar-refractivity contribution is -0.121. The van der Waals surface area contributed by atoms with Crippen LogP contribution in [0.4, 0.5) is 0 Å². The molecule has 0 saturated carbocycles. The van der Waals surface area contributed by atoms with Gasteiger partial charge in [0.05, 0.1) is 17.6 Å². The zero-order chi connectivity index (χ0) is 20.1. The van der Waals surface area contributed by atoms with Crippen LogP contribution in [-0.2, 0) is 24.4 Å². The lowest BCUT2D eigenvalue weighted by Gasteiger charge is -2.14. The molecule has 3 rings (SSSR count). The lowest BCUT2D eigenvalue weighted by atomic mass is 10.2. The fraction of sp³-hybridized carbons (Fsp3) is 0.286. The summed E-state index contributed by atoms with van der Waals surface area (Å²) in [4.78, 5) is 37.3. The highest BCUT2D eigenvalue weighted by molar-refractivity contribution is 5.80. The van der Waals surface area contributed by atoms with Crippen molar-refractivity contribution < 1.29 is 9.53 Å². The molecule has 146 valence electrons. The molecular formula is C21H23N3O4. The Balaban J connectivity index is 1.79. The van der Waals surface area contributed by atoms with Gasteiger partial charge in [0.15, 0.2) is 0 Å². The van der Waals surface area contributed by atoms with Gasteiger partial charge in [-0.05, 0) is 43.7 Å². The van der Waals surface area contributed by atoms with Crippen molar-refractivity contribution in [2.24, 2.45) is 0 Å². The number of carbonyl (C=O) groups excluding carboxylic acids is 1. The first-order valence-corrected chi connectivity index (χ1v) is 9.26. The molecule has 28 heavy (non-hydrogen) atoms. The largest absolute Gasteiger partial charge is 0.494 e. The number of aryl methyl sites for hydroxylation is 1. The predicted octanol–water partition coefficient (Wildman–Crippen LogP) is 1.90. The summed E-state index contributed by atoms with van der Waals surface area (Å²) in [5.41, 5.74) is 0.784. The summed E-state index contributed by atoms with van der Waals surface area (Å²) in [6, 6.07) is 14.5. The van der Waals surface area contributed by atoms with Crippen molar-refractivity contribution in [3.05, 3.63) is 74.8 Å². The summed E-state index contributed by atoms with van der Waals surface area (Å²) in [5.74, 6) is 0.432. The first-order valence-electron chi connectivity index (χ1n) is 9.26. The standard InChI is InChI=1S/C21H23N3O4/c1-3-23-17-7-5-6-8-18(17)24(21(27)20(23)26)14-19(25)22-13-15-9-11-16(12-10-15)28-4-2/h5-12H,3-4,13-14H2,1-2H3,(H,22,25). The molecule has 2 aromatic carbocycles. The molecule has 0 aliphatic rings. The van der Waals surface area contributed by atoms with Crippen LogP contribution < -0.4 is 21.2 Å². The smallest absolute Gasteiger partial charge is 0.317 e. The predicted molar refractivity (Wildman–Crippen MR) is 108 cm³/mol. The molecule has 1 heterocycles. The average molecular weight is 381 g/mol. The van der Waals surface area contributed by atoms with Crippen LogP contribution in [-0.4, -0.2) is 21.6 Å². The van der Waals surface area contributed by atoms with Gasteiger partial charge in [-0.15, -0.1) is 0 Å². The van der Waals surface area contributed by atoms with Crippen LogP contribution in [0.15, 0.2) is 58.1 Å². The number of hydrogen-bond donors (Lipinski definition) is 1. The Labute approximate surface area is 162 Å². The Morgan fingerprint density at radius 1 is 0.929 bits per heavy atom. The van der Waals surface area contributed by atoms with Gasteiger partial charge in [0, 0.05) is 13.1 Å². The minimum atomic E-state index is -0.697. The number of amides is 1. The second-order valence-corrected chi connectivity index (χ2v) is 6.28. The quantitative estimate of drug-likeness (QED) is 0.634. The maximum Gasteiger partial charge on any atom is 0.317 e. The van der Waals surface area contributed by atoms with Crippen LogP contribution in [0.1, 0.15) is 19.4 Å². The number of para-hydroxylation sites is 2. The van der Waals surface area contributed by atoms with Crippen LogP contribution >= 0.6 is 0 Å². The van der Waals surface area contributed by atoms with E-state index in [0.29, 0.717) is 30.7 Å². The zero-order valence-corrected chi connectivity index (χ0v) is 16.0. The Kier molecular flexibility index (Phi) is 5.93. The lowest BCUT2D eigenvalue weighted by Crippen LogP contribution is -2.43. The first kappa shape index (κ1) is 19.4. The third-order valence-corrected chi connectivity index (χ3v) is 4.48. The highest BCUT2D eigenvalue weighted by Gasteiger charge is 2.14. The Bertz CT molecular complexity index is 1100. The van der Waals surface area contributed by atoms with Gasteiger partial charge in [0.25, 0.3) is 0 Å². The van der Waals surface area contributed by atoms with Crippen molar-refractivity contribution in [2.75, 3.05) is 6.61 Å². The van der Waals surface area contributed by atoms with Gasteiger partial charge in [-0.25, -0.2) is 0 Å². The van der Waals surface area contributed by atoms with E-state index in [4.69, 9.17) is 4.74 Å². The third-order valence-electron chi connectivity index (χ3n) is 4.48. The molecule has 0 aliphatic carbocycles. The Morgan fingerprint density at radius 3 is 2.14 bits per heavy atom. The van der Waals surface area contributed by atoms with Crippen LogP contribution in [0.5, 0.6) is 5.75 Å². The molecule has 0 fully saturated rings. The maximum absolute atomic E-state index is 12.5. The summed E-state index contributed by atoms with van der Waals surface area (Å²) in [6.07, 6.45) is 0. The van der Waals surface area contributed by atoms with Crippen molar-refractivity contribution >= 4 is 16.9 Å². The van der Waals surface area contributed by atoms with Gasteiger partial charge in [0.1, 0.15) is 12.3 Å². The summed E-state index contributed by atoms with van der Waals surface area (Å²) in [5, 5.41) is 2.79. The van der Waals surface area contributed by atoms with Crippen molar-refractivity contribution in [2.45, 2.75) is 33.5 Å². The van der Waals surface area contributed by atoms with Crippen LogP contribution in [0.2, 0.25) is 0 Å². The molecule has 0 bridgehead atoms. The number of fused-ring (bicyclic) bond motifs is 1. The molecule has 0 spiro atoms. The summed E-state index contributed by atoms with van der Waals surface area (Å²) in [7, 11) is 0. The Hall–Kier alpha value is -3.35. The molecule has 0 radical (unpaired) electrons. The molecular weight excluding hydrogens is 358 g/mol. The molecule has 0 aliphatic heterocycles. The first-order chi connectivity index (χ1) is 13.5. The number of hydrogen-bond acceptors (Lipinski definition) is 4. The van der Waals surface area contributed by atoms with Crippen LogP contribution in [0.25, 0.3) is 11.0 Å². The molecule has 7 nitrogen and oxygen atoms in total. The van der Waals surface area contributed by atoms with Gasteiger partial charge in [-0.3, -0.25) is 19.0 Å². The van der Waals surface area contributed by atoms with Crippen molar-refractivity contribution in [3.8, 4) is 5.75 Å². The second-order valence-electron chi connectivity index (χ2n) is 6.28. The number of ether oxygens (including phenoxy) is 1. The summed E-state index contributed by atoms with van der Waals surface area (Å²) in [6.45, 7) is 4.81. The van der Waals surface area contributed by atoms with E-state index >= 15 is 0 Å². The molecule has 0 saturated heterocycles. The highest BCUT2D eigenvalue weighted by Crippen LogP contribution is 2.12. The average Bonchev–Trinajstić information content (AvgIpc) is 2.71. The van der Waals surface area contributed by atoms with E-state index in [1.54, 1.807) is 31.2 Å². The van der Waals surface area contributed by atoms with Gasteiger partial charge in [-0.1, -0.05) is 24.3 Å². The van der Waals surface area contributed by atoms with Gasteiger partial charge in [0.2, 0.25) is 5.91 Å². The highest BCUT2D eigenvalue weighted by atomic mass is 16.5. The molecule has 7 heteroatoms. The molecule has 1 N–H and O–H groups in total. The molecule has 1 amide bonds. The van der Waals surface area contributed by atoms with Crippen molar-refractivity contribution in [1.29, 1.82) is 0 Å². The molecule has 1 aromatic heterocycles. The van der Waals surface area contributed by atoms with E-state index in [-0.39, 0.29) is 12.5 Å². The maximum atomic E-state index is 12.5. The fourth-order valence-corrected chi connectivity index (χ4v) is 3.11. The van der Waals surface area contributed by atoms with Gasteiger partial charge < -0.3 is 14.6 Å². The normalized spacial score (nSPS) is 10.8. The fourth-order valence-electron chi connectivity index (χ4n) is 3.11. The van der Waals surface area contributed by atoms with Crippen molar-refractivity contribution in [1.82, 2.24) is 14.5 Å². The topological polar surface area (TPSA) is 82.3 Å². The molecule has 3 aromatic rings. The SMILES string of the molecule is CCOc1ccc(CNC(=O)Cn2c(=O)c(=O)n(CC)c3ccccc32)cc1. The number of benzene rings is 2. The van der Waals surface area contributed by atoms with Gasteiger partial charge in [-0.2, -0.15) is 0 Å². The summed E-state index contributed by atoms with van der Waals surface area (Å²) < 4.78 is 8.05.